The van der Waals surface area contributed by atoms with E-state index in [9.17, 15) is 4.79 Å². The Kier molecular flexibility index (Phi) is 3.44. The lowest BCUT2D eigenvalue weighted by Crippen LogP contribution is -2.08. The van der Waals surface area contributed by atoms with Crippen molar-refractivity contribution < 1.29 is 9.84 Å². The average Bonchev–Trinajstić information content (AvgIpc) is 2.34. The van der Waals surface area contributed by atoms with Crippen LogP contribution >= 0.6 is 0 Å². The van der Waals surface area contributed by atoms with E-state index in [4.69, 9.17) is 9.84 Å². The maximum Gasteiger partial charge on any atom is 0.248 e. The van der Waals surface area contributed by atoms with E-state index in [2.05, 4.69) is 4.98 Å². The van der Waals surface area contributed by atoms with Crippen molar-refractivity contribution in [2.24, 2.45) is 0 Å². The maximum atomic E-state index is 11.5. The van der Waals surface area contributed by atoms with Crippen molar-refractivity contribution in [1.29, 1.82) is 0 Å². The highest BCUT2D eigenvalue weighted by Crippen LogP contribution is 2.21. The van der Waals surface area contributed by atoms with Gasteiger partial charge in [-0.15, -0.1) is 0 Å². The van der Waals surface area contributed by atoms with Gasteiger partial charge in [0.15, 0.2) is 0 Å². The summed E-state index contributed by atoms with van der Waals surface area (Å²) in [6.45, 7) is 0.120. The molecule has 1 aromatic carbocycles. The van der Waals surface area contributed by atoms with Crippen LogP contribution in [0, 0.1) is 0 Å². The van der Waals surface area contributed by atoms with E-state index in [1.54, 1.807) is 13.2 Å². The van der Waals surface area contributed by atoms with Crippen LogP contribution in [0.4, 0.5) is 0 Å². The molecule has 0 amide bonds. The lowest BCUT2D eigenvalue weighted by Gasteiger charge is -2.07. The fourth-order valence-electron chi connectivity index (χ4n) is 1.91. The van der Waals surface area contributed by atoms with Crippen LogP contribution < -0.4 is 10.3 Å². The number of aromatic nitrogens is 1. The van der Waals surface area contributed by atoms with Crippen LogP contribution in [0.2, 0.25) is 0 Å². The zero-order valence-electron chi connectivity index (χ0n) is 9.69. The molecule has 0 atom stereocenters. The van der Waals surface area contributed by atoms with E-state index in [0.717, 1.165) is 22.2 Å². The number of ether oxygens (including phenoxy) is 1. The Bertz CT molecular complexity index is 574. The Morgan fingerprint density at radius 1 is 1.35 bits per heavy atom. The van der Waals surface area contributed by atoms with Crippen molar-refractivity contribution in [3.8, 4) is 5.75 Å². The third-order valence-electron chi connectivity index (χ3n) is 2.73. The zero-order valence-corrected chi connectivity index (χ0v) is 9.69. The average molecular weight is 233 g/mol. The van der Waals surface area contributed by atoms with Gasteiger partial charge in [0.2, 0.25) is 5.56 Å². The molecule has 4 heteroatoms. The van der Waals surface area contributed by atoms with Gasteiger partial charge in [0, 0.05) is 23.8 Å². The van der Waals surface area contributed by atoms with Gasteiger partial charge in [-0.05, 0) is 36.4 Å². The summed E-state index contributed by atoms with van der Waals surface area (Å²) in [4.78, 5) is 14.3. The molecule has 2 aromatic rings. The molecule has 0 saturated carbocycles. The highest BCUT2D eigenvalue weighted by atomic mass is 16.5. The van der Waals surface area contributed by atoms with E-state index in [0.29, 0.717) is 12.8 Å². The fourth-order valence-corrected chi connectivity index (χ4v) is 1.91. The van der Waals surface area contributed by atoms with Gasteiger partial charge >= 0.3 is 0 Å². The third kappa shape index (κ3) is 2.47. The minimum absolute atomic E-state index is 0.120. The van der Waals surface area contributed by atoms with Crippen molar-refractivity contribution >= 4 is 10.8 Å². The number of hydrogen-bond acceptors (Lipinski definition) is 3. The van der Waals surface area contributed by atoms with Crippen molar-refractivity contribution in [3.05, 3.63) is 40.3 Å². The minimum Gasteiger partial charge on any atom is -0.497 e. The number of nitrogens with one attached hydrogen (secondary N) is 1. The Labute approximate surface area is 98.9 Å². The van der Waals surface area contributed by atoms with Crippen molar-refractivity contribution in [1.82, 2.24) is 4.98 Å². The Balaban J connectivity index is 2.55. The number of H-pyrrole nitrogens is 1. The summed E-state index contributed by atoms with van der Waals surface area (Å²) in [5.41, 5.74) is 0.739. The van der Waals surface area contributed by atoms with Gasteiger partial charge in [-0.2, -0.15) is 0 Å². The summed E-state index contributed by atoms with van der Waals surface area (Å²) in [7, 11) is 1.60. The Morgan fingerprint density at radius 2 is 2.18 bits per heavy atom. The fraction of sp³-hybridized carbons (Fsp3) is 0.308. The van der Waals surface area contributed by atoms with Gasteiger partial charge < -0.3 is 14.8 Å². The van der Waals surface area contributed by atoms with Crippen molar-refractivity contribution in [3.63, 3.8) is 0 Å². The smallest absolute Gasteiger partial charge is 0.248 e. The second-order valence-electron chi connectivity index (χ2n) is 3.89. The molecular weight excluding hydrogens is 218 g/mol. The first-order chi connectivity index (χ1) is 8.24. The number of methoxy groups -OCH3 is 1. The lowest BCUT2D eigenvalue weighted by molar-refractivity contribution is 0.288. The summed E-state index contributed by atoms with van der Waals surface area (Å²) >= 11 is 0. The number of fused-ring (bicyclic) bond motifs is 1. The Hall–Kier alpha value is -1.81. The molecule has 0 radical (unpaired) electrons. The molecule has 0 unspecified atom stereocenters. The molecule has 0 aliphatic rings. The molecule has 0 bridgehead atoms. The first kappa shape index (κ1) is 11.7. The van der Waals surface area contributed by atoms with Crippen LogP contribution in [0.3, 0.4) is 0 Å². The van der Waals surface area contributed by atoms with E-state index < -0.39 is 0 Å². The molecule has 2 N–H and O–H groups in total. The van der Waals surface area contributed by atoms with Crippen LogP contribution in [0.25, 0.3) is 10.8 Å². The molecule has 0 spiro atoms. The van der Waals surface area contributed by atoms with E-state index in [1.807, 2.05) is 18.2 Å². The molecule has 1 aromatic heterocycles. The zero-order chi connectivity index (χ0) is 12.3. The molecule has 0 saturated heterocycles. The predicted molar refractivity (Wildman–Crippen MR) is 66.5 cm³/mol. The van der Waals surface area contributed by atoms with Crippen LogP contribution in [0.5, 0.6) is 5.75 Å². The van der Waals surface area contributed by atoms with Gasteiger partial charge in [0.05, 0.1) is 7.11 Å². The second kappa shape index (κ2) is 5.01. The number of hydrogen-bond donors (Lipinski definition) is 2. The van der Waals surface area contributed by atoms with E-state index in [-0.39, 0.29) is 12.2 Å². The van der Waals surface area contributed by atoms with Crippen LogP contribution in [0.1, 0.15) is 12.1 Å². The van der Waals surface area contributed by atoms with E-state index in [1.165, 1.54) is 0 Å². The molecule has 0 fully saturated rings. The largest absolute Gasteiger partial charge is 0.497 e. The third-order valence-corrected chi connectivity index (χ3v) is 2.73. The second-order valence-corrected chi connectivity index (χ2v) is 3.89. The maximum absolute atomic E-state index is 11.5. The number of pyridine rings is 1. The first-order valence-electron chi connectivity index (χ1n) is 5.55. The normalized spacial score (nSPS) is 10.7. The molecule has 17 heavy (non-hydrogen) atoms. The van der Waals surface area contributed by atoms with Gasteiger partial charge in [0.25, 0.3) is 0 Å². The number of aliphatic hydroxyl groups excluding tert-OH is 1. The summed E-state index contributed by atoms with van der Waals surface area (Å²) in [5.74, 6) is 0.733. The summed E-state index contributed by atoms with van der Waals surface area (Å²) in [6, 6.07) is 7.19. The standard InChI is InChI=1S/C13H15NO3/c1-17-10-4-5-11-9(7-10)8-13(16)14-12(11)3-2-6-15/h4-5,7-8,15H,2-3,6H2,1H3,(H,14,16). The number of rotatable bonds is 4. The van der Waals surface area contributed by atoms with Gasteiger partial charge in [-0.3, -0.25) is 4.79 Å². The molecular formula is C13H15NO3. The molecule has 1 heterocycles. The minimum atomic E-state index is -0.126. The topological polar surface area (TPSA) is 62.3 Å². The number of aliphatic hydroxyl groups is 1. The number of aryl methyl sites for hydroxylation is 1. The van der Waals surface area contributed by atoms with Crippen molar-refractivity contribution in [2.45, 2.75) is 12.8 Å². The molecule has 4 nitrogen and oxygen atoms in total. The van der Waals surface area contributed by atoms with E-state index >= 15 is 0 Å². The monoisotopic (exact) mass is 233 g/mol. The molecule has 90 valence electrons. The highest BCUT2D eigenvalue weighted by Gasteiger charge is 2.04. The first-order valence-corrected chi connectivity index (χ1v) is 5.55. The highest BCUT2D eigenvalue weighted by molar-refractivity contribution is 5.85. The van der Waals surface area contributed by atoms with Gasteiger partial charge in [0.1, 0.15) is 5.75 Å². The lowest BCUT2D eigenvalue weighted by atomic mass is 10.1. The number of benzene rings is 1. The van der Waals surface area contributed by atoms with Crippen LogP contribution in [0.15, 0.2) is 29.1 Å². The number of aromatic amines is 1. The van der Waals surface area contributed by atoms with Crippen LogP contribution in [-0.4, -0.2) is 23.8 Å². The van der Waals surface area contributed by atoms with Gasteiger partial charge in [-0.25, -0.2) is 0 Å². The molecule has 2 rings (SSSR count). The summed E-state index contributed by atoms with van der Waals surface area (Å²) < 4.78 is 5.13. The molecule has 0 aliphatic heterocycles. The summed E-state index contributed by atoms with van der Waals surface area (Å²) in [6.07, 6.45) is 1.30. The van der Waals surface area contributed by atoms with Crippen molar-refractivity contribution in [2.75, 3.05) is 13.7 Å². The van der Waals surface area contributed by atoms with Gasteiger partial charge in [-0.1, -0.05) is 0 Å². The summed E-state index contributed by atoms with van der Waals surface area (Å²) in [5, 5.41) is 10.7. The quantitative estimate of drug-likeness (QED) is 0.840. The van der Waals surface area contributed by atoms with Crippen LogP contribution in [-0.2, 0) is 6.42 Å². The predicted octanol–water partition coefficient (Wildman–Crippen LogP) is 1.46. The Morgan fingerprint density at radius 3 is 2.88 bits per heavy atom. The SMILES string of the molecule is COc1ccc2c(CCCO)[nH]c(=O)cc2c1. The molecule has 0 aliphatic carbocycles.